The summed E-state index contributed by atoms with van der Waals surface area (Å²) in [5, 5.41) is 8.33. The summed E-state index contributed by atoms with van der Waals surface area (Å²) in [5.41, 5.74) is 5.42. The topological polar surface area (TPSA) is 85.2 Å². The summed E-state index contributed by atoms with van der Waals surface area (Å²) in [6, 6.07) is 0. The summed E-state index contributed by atoms with van der Waals surface area (Å²) in [5.74, 6) is 1.05. The van der Waals surface area contributed by atoms with Gasteiger partial charge in [0.25, 0.3) is 5.22 Å². The highest BCUT2D eigenvalue weighted by atomic mass is 32.2. The molecule has 0 aliphatic carbocycles. The molecule has 1 rings (SSSR count). The van der Waals surface area contributed by atoms with E-state index in [-0.39, 0.29) is 5.91 Å². The molecule has 0 aromatic carbocycles. The van der Waals surface area contributed by atoms with Gasteiger partial charge in [0.2, 0.25) is 11.8 Å². The largest absolute Gasteiger partial charge is 0.416 e. The lowest BCUT2D eigenvalue weighted by Gasteiger charge is -2.17. The highest BCUT2D eigenvalue weighted by molar-refractivity contribution is 7.99. The smallest absolute Gasteiger partial charge is 0.277 e. The molecular weight excluding hydrogens is 264 g/mol. The SMILES string of the molecule is CCN(CC)C(=O)CSc1nnc(CCCCN)o1. The van der Waals surface area contributed by atoms with Crippen molar-refractivity contribution in [1.29, 1.82) is 0 Å². The molecule has 1 aromatic heterocycles. The van der Waals surface area contributed by atoms with Crippen LogP contribution in [-0.4, -0.2) is 46.4 Å². The van der Waals surface area contributed by atoms with E-state index in [1.165, 1.54) is 11.8 Å². The van der Waals surface area contributed by atoms with E-state index in [4.69, 9.17) is 10.2 Å². The second-order valence-corrected chi connectivity index (χ2v) is 4.99. The van der Waals surface area contributed by atoms with Gasteiger partial charge in [0, 0.05) is 19.5 Å². The average Bonchev–Trinajstić information content (AvgIpc) is 2.86. The summed E-state index contributed by atoms with van der Waals surface area (Å²) < 4.78 is 5.46. The van der Waals surface area contributed by atoms with E-state index in [2.05, 4.69) is 10.2 Å². The molecular formula is C12H22N4O2S. The van der Waals surface area contributed by atoms with Crippen molar-refractivity contribution in [3.05, 3.63) is 5.89 Å². The second-order valence-electron chi connectivity index (χ2n) is 4.06. The van der Waals surface area contributed by atoms with E-state index in [0.717, 1.165) is 32.4 Å². The Balaban J connectivity index is 2.35. The summed E-state index contributed by atoms with van der Waals surface area (Å²) >= 11 is 1.29. The number of unbranched alkanes of at least 4 members (excludes halogenated alkanes) is 1. The monoisotopic (exact) mass is 286 g/mol. The van der Waals surface area contributed by atoms with E-state index in [1.54, 1.807) is 4.90 Å². The van der Waals surface area contributed by atoms with E-state index >= 15 is 0 Å². The van der Waals surface area contributed by atoms with Crippen molar-refractivity contribution in [2.75, 3.05) is 25.4 Å². The van der Waals surface area contributed by atoms with Crippen molar-refractivity contribution in [3.63, 3.8) is 0 Å². The molecule has 0 fully saturated rings. The van der Waals surface area contributed by atoms with Gasteiger partial charge in [0.05, 0.1) is 5.75 Å². The van der Waals surface area contributed by atoms with Crippen LogP contribution in [0.5, 0.6) is 0 Å². The van der Waals surface area contributed by atoms with Crippen LogP contribution in [0.25, 0.3) is 0 Å². The minimum atomic E-state index is 0.0953. The zero-order chi connectivity index (χ0) is 14.1. The van der Waals surface area contributed by atoms with Gasteiger partial charge < -0.3 is 15.1 Å². The fourth-order valence-electron chi connectivity index (χ4n) is 1.61. The molecule has 7 heteroatoms. The number of hydrogen-bond acceptors (Lipinski definition) is 6. The van der Waals surface area contributed by atoms with Gasteiger partial charge in [-0.05, 0) is 33.2 Å². The highest BCUT2D eigenvalue weighted by Crippen LogP contribution is 2.17. The first-order valence-electron chi connectivity index (χ1n) is 6.64. The maximum Gasteiger partial charge on any atom is 0.277 e. The summed E-state index contributed by atoms with van der Waals surface area (Å²) in [4.78, 5) is 13.6. The molecule has 2 N–H and O–H groups in total. The number of nitrogens with zero attached hydrogens (tertiary/aromatic N) is 3. The third-order valence-corrected chi connectivity index (χ3v) is 3.53. The molecule has 1 amide bonds. The lowest BCUT2D eigenvalue weighted by Crippen LogP contribution is -2.31. The summed E-state index contributed by atoms with van der Waals surface area (Å²) in [6.45, 7) is 6.06. The third kappa shape index (κ3) is 5.61. The van der Waals surface area contributed by atoms with Crippen molar-refractivity contribution in [2.24, 2.45) is 5.73 Å². The molecule has 108 valence electrons. The normalized spacial score (nSPS) is 10.7. The number of carbonyl (C=O) groups is 1. The zero-order valence-corrected chi connectivity index (χ0v) is 12.4. The van der Waals surface area contributed by atoms with Crippen molar-refractivity contribution in [2.45, 2.75) is 38.3 Å². The molecule has 0 atom stereocenters. The van der Waals surface area contributed by atoms with Gasteiger partial charge in [0.15, 0.2) is 0 Å². The van der Waals surface area contributed by atoms with Crippen LogP contribution < -0.4 is 5.73 Å². The molecule has 0 spiro atoms. The number of rotatable bonds is 9. The van der Waals surface area contributed by atoms with Gasteiger partial charge in [-0.2, -0.15) is 0 Å². The van der Waals surface area contributed by atoms with Crippen LogP contribution in [0.2, 0.25) is 0 Å². The first-order chi connectivity index (χ1) is 9.21. The predicted octanol–water partition coefficient (Wildman–Crippen LogP) is 1.31. The number of thioether (sulfide) groups is 1. The fourth-order valence-corrected chi connectivity index (χ4v) is 2.29. The molecule has 1 aromatic rings. The molecule has 0 aliphatic rings. The van der Waals surface area contributed by atoms with Crippen LogP contribution in [0.15, 0.2) is 9.64 Å². The van der Waals surface area contributed by atoms with Crippen LogP contribution >= 0.6 is 11.8 Å². The Hall–Kier alpha value is -1.08. The van der Waals surface area contributed by atoms with Crippen molar-refractivity contribution < 1.29 is 9.21 Å². The Morgan fingerprint density at radius 3 is 2.68 bits per heavy atom. The van der Waals surface area contributed by atoms with Gasteiger partial charge in [-0.25, -0.2) is 0 Å². The van der Waals surface area contributed by atoms with E-state index < -0.39 is 0 Å². The van der Waals surface area contributed by atoms with E-state index in [9.17, 15) is 4.79 Å². The number of carbonyl (C=O) groups excluding carboxylic acids is 1. The quantitative estimate of drug-likeness (QED) is 0.544. The molecule has 1 heterocycles. The van der Waals surface area contributed by atoms with Crippen LogP contribution in [-0.2, 0) is 11.2 Å². The molecule has 6 nitrogen and oxygen atoms in total. The van der Waals surface area contributed by atoms with Crippen LogP contribution in [0, 0.1) is 0 Å². The Kier molecular flexibility index (Phi) is 7.50. The lowest BCUT2D eigenvalue weighted by atomic mass is 10.2. The predicted molar refractivity (Wildman–Crippen MR) is 74.9 cm³/mol. The molecule has 0 aliphatic heterocycles. The molecule has 0 bridgehead atoms. The van der Waals surface area contributed by atoms with Gasteiger partial charge in [-0.15, -0.1) is 10.2 Å². The number of nitrogens with two attached hydrogens (primary N) is 1. The van der Waals surface area contributed by atoms with E-state index in [0.29, 0.717) is 23.4 Å². The first-order valence-corrected chi connectivity index (χ1v) is 7.62. The average molecular weight is 286 g/mol. The maximum absolute atomic E-state index is 11.8. The van der Waals surface area contributed by atoms with Crippen LogP contribution in [0.3, 0.4) is 0 Å². The number of amides is 1. The standard InChI is InChI=1S/C12H22N4O2S/c1-3-16(4-2)11(17)9-19-12-15-14-10(18-12)7-5-6-8-13/h3-9,13H2,1-2H3. The third-order valence-electron chi connectivity index (χ3n) is 2.73. The lowest BCUT2D eigenvalue weighted by molar-refractivity contribution is -0.127. The Morgan fingerprint density at radius 1 is 1.32 bits per heavy atom. The maximum atomic E-state index is 11.8. The zero-order valence-electron chi connectivity index (χ0n) is 11.6. The number of aryl methyl sites for hydroxylation is 1. The van der Waals surface area contributed by atoms with Crippen molar-refractivity contribution >= 4 is 17.7 Å². The molecule has 0 unspecified atom stereocenters. The van der Waals surface area contributed by atoms with Gasteiger partial charge >= 0.3 is 0 Å². The van der Waals surface area contributed by atoms with Crippen LogP contribution in [0.4, 0.5) is 0 Å². The molecule has 19 heavy (non-hydrogen) atoms. The van der Waals surface area contributed by atoms with Crippen molar-refractivity contribution in [1.82, 2.24) is 15.1 Å². The van der Waals surface area contributed by atoms with Crippen molar-refractivity contribution in [3.8, 4) is 0 Å². The Morgan fingerprint density at radius 2 is 2.05 bits per heavy atom. The van der Waals surface area contributed by atoms with Gasteiger partial charge in [-0.1, -0.05) is 11.8 Å². The van der Waals surface area contributed by atoms with Gasteiger partial charge in [-0.3, -0.25) is 4.79 Å². The Bertz CT molecular complexity index is 380. The molecule has 0 saturated heterocycles. The highest BCUT2D eigenvalue weighted by Gasteiger charge is 2.13. The molecule has 0 saturated carbocycles. The van der Waals surface area contributed by atoms with Crippen LogP contribution in [0.1, 0.15) is 32.6 Å². The minimum Gasteiger partial charge on any atom is -0.416 e. The Labute approximate surface area is 118 Å². The molecule has 0 radical (unpaired) electrons. The number of hydrogen-bond donors (Lipinski definition) is 1. The van der Waals surface area contributed by atoms with Gasteiger partial charge in [0.1, 0.15) is 0 Å². The minimum absolute atomic E-state index is 0.0953. The summed E-state index contributed by atoms with van der Waals surface area (Å²) in [7, 11) is 0. The first kappa shape index (κ1) is 16.0. The summed E-state index contributed by atoms with van der Waals surface area (Å²) in [6.07, 6.45) is 2.64. The van der Waals surface area contributed by atoms with E-state index in [1.807, 2.05) is 13.8 Å². The fraction of sp³-hybridized carbons (Fsp3) is 0.750. The second kappa shape index (κ2) is 8.92. The number of aromatic nitrogens is 2.